The number of hydrogen-bond donors (Lipinski definition) is 1. The Hall–Kier alpha value is -1.69. The summed E-state index contributed by atoms with van der Waals surface area (Å²) in [5, 5.41) is 10.7. The van der Waals surface area contributed by atoms with Crippen LogP contribution in [0.1, 0.15) is 24.5 Å². The van der Waals surface area contributed by atoms with Gasteiger partial charge >= 0.3 is 0 Å². The van der Waals surface area contributed by atoms with Gasteiger partial charge in [0, 0.05) is 18.2 Å². The number of halogens is 1. The summed E-state index contributed by atoms with van der Waals surface area (Å²) in [6, 6.07) is 4.45. The van der Waals surface area contributed by atoms with E-state index in [-0.39, 0.29) is 17.5 Å². The third-order valence-electron chi connectivity index (χ3n) is 2.64. The molecule has 0 spiro atoms. The van der Waals surface area contributed by atoms with Gasteiger partial charge in [0.1, 0.15) is 5.69 Å². The zero-order valence-corrected chi connectivity index (χ0v) is 8.48. The molecule has 0 aliphatic carbocycles. The van der Waals surface area contributed by atoms with Crippen LogP contribution in [-0.4, -0.2) is 11.5 Å². The van der Waals surface area contributed by atoms with Crippen molar-refractivity contribution in [1.29, 1.82) is 0 Å². The molecule has 0 amide bonds. The first-order valence-electron chi connectivity index (χ1n) is 4.99. The van der Waals surface area contributed by atoms with E-state index in [4.69, 9.17) is 4.74 Å². The first-order valence-corrected chi connectivity index (χ1v) is 4.99. The number of nitrogens with one attached hydrogen (secondary N) is 1. The van der Waals surface area contributed by atoms with E-state index in [9.17, 15) is 14.6 Å². The maximum atomic E-state index is 12.7. The van der Waals surface area contributed by atoms with Crippen molar-refractivity contribution in [2.45, 2.75) is 18.9 Å². The molecule has 1 heterocycles. The molecule has 5 nitrogen and oxygen atoms in total. The number of rotatable bonds is 3. The Morgan fingerprint density at radius 1 is 1.56 bits per heavy atom. The number of hydrogen-bond acceptors (Lipinski definition) is 4. The van der Waals surface area contributed by atoms with Crippen molar-refractivity contribution in [3.05, 3.63) is 33.9 Å². The van der Waals surface area contributed by atoms with E-state index >= 15 is 0 Å². The van der Waals surface area contributed by atoms with Gasteiger partial charge < -0.3 is 4.74 Å². The lowest BCUT2D eigenvalue weighted by molar-refractivity contribution is -0.384. The molecule has 0 bridgehead atoms. The van der Waals surface area contributed by atoms with Crippen molar-refractivity contribution < 1.29 is 14.1 Å². The van der Waals surface area contributed by atoms with Crippen LogP contribution in [-0.2, 0) is 4.74 Å². The summed E-state index contributed by atoms with van der Waals surface area (Å²) in [7, 11) is 0. The predicted molar refractivity (Wildman–Crippen MR) is 55.8 cm³/mol. The first-order chi connectivity index (χ1) is 7.74. The summed E-state index contributed by atoms with van der Waals surface area (Å²) in [5.41, 5.74) is 1.54. The van der Waals surface area contributed by atoms with E-state index in [1.165, 1.54) is 17.7 Å². The van der Waals surface area contributed by atoms with Crippen molar-refractivity contribution in [2.75, 3.05) is 12.1 Å². The SMILES string of the molecule is O=[N+]([O-])c1cccc(C2CCCO2)c1NF. The Morgan fingerprint density at radius 2 is 2.38 bits per heavy atom. The van der Waals surface area contributed by atoms with Crippen LogP contribution in [0.3, 0.4) is 0 Å². The Kier molecular flexibility index (Phi) is 3.00. The number of anilines is 1. The molecular weight excluding hydrogens is 215 g/mol. The van der Waals surface area contributed by atoms with Gasteiger partial charge in [-0.25, -0.2) is 5.54 Å². The monoisotopic (exact) mass is 226 g/mol. The fourth-order valence-electron chi connectivity index (χ4n) is 1.90. The molecule has 0 radical (unpaired) electrons. The molecule has 1 atom stereocenters. The molecule has 0 aromatic heterocycles. The fraction of sp³-hybridized carbons (Fsp3) is 0.400. The Balaban J connectivity index is 2.43. The topological polar surface area (TPSA) is 64.4 Å². The fourth-order valence-corrected chi connectivity index (χ4v) is 1.90. The van der Waals surface area contributed by atoms with Crippen molar-refractivity contribution in [3.63, 3.8) is 0 Å². The van der Waals surface area contributed by atoms with Gasteiger partial charge in [-0.15, -0.1) is 4.48 Å². The number of nitro groups is 1. The van der Waals surface area contributed by atoms with Gasteiger partial charge in [-0.05, 0) is 12.8 Å². The molecule has 86 valence electrons. The van der Waals surface area contributed by atoms with Crippen LogP contribution in [0.4, 0.5) is 15.9 Å². The highest BCUT2D eigenvalue weighted by atomic mass is 19.2. The molecule has 1 aromatic carbocycles. The highest BCUT2D eigenvalue weighted by Gasteiger charge is 2.25. The van der Waals surface area contributed by atoms with Crippen LogP contribution in [0.2, 0.25) is 0 Å². The minimum Gasteiger partial charge on any atom is -0.373 e. The second-order valence-corrected chi connectivity index (χ2v) is 3.59. The van der Waals surface area contributed by atoms with Gasteiger partial charge in [-0.1, -0.05) is 12.1 Å². The molecule has 1 N–H and O–H groups in total. The first kappa shape index (κ1) is 10.8. The van der Waals surface area contributed by atoms with Gasteiger partial charge in [-0.2, -0.15) is 0 Å². The second kappa shape index (κ2) is 4.44. The molecule has 6 heteroatoms. The van der Waals surface area contributed by atoms with Gasteiger partial charge in [-0.3, -0.25) is 10.1 Å². The molecule has 0 saturated carbocycles. The van der Waals surface area contributed by atoms with Gasteiger partial charge in [0.25, 0.3) is 5.69 Å². The van der Waals surface area contributed by atoms with E-state index < -0.39 is 4.92 Å². The molecule has 1 fully saturated rings. The maximum absolute atomic E-state index is 12.7. The highest BCUT2D eigenvalue weighted by Crippen LogP contribution is 2.38. The van der Waals surface area contributed by atoms with Gasteiger partial charge in [0.15, 0.2) is 0 Å². The van der Waals surface area contributed by atoms with Crippen LogP contribution in [0.25, 0.3) is 0 Å². The summed E-state index contributed by atoms with van der Waals surface area (Å²) < 4.78 is 18.0. The minimum absolute atomic E-state index is 0.0978. The largest absolute Gasteiger partial charge is 0.373 e. The summed E-state index contributed by atoms with van der Waals surface area (Å²) in [5.74, 6) is 0. The van der Waals surface area contributed by atoms with Gasteiger partial charge in [0.05, 0.1) is 11.0 Å². The summed E-state index contributed by atoms with van der Waals surface area (Å²) in [6.45, 7) is 0.610. The van der Waals surface area contributed by atoms with Crippen LogP contribution < -0.4 is 5.54 Å². The molecule has 1 unspecified atom stereocenters. The summed E-state index contributed by atoms with van der Waals surface area (Å²) >= 11 is 0. The van der Waals surface area contributed by atoms with Crippen LogP contribution in [0.15, 0.2) is 18.2 Å². The van der Waals surface area contributed by atoms with Crippen molar-refractivity contribution in [3.8, 4) is 0 Å². The molecule has 1 aromatic rings. The quantitative estimate of drug-likeness (QED) is 0.489. The van der Waals surface area contributed by atoms with Crippen LogP contribution >= 0.6 is 0 Å². The lowest BCUT2D eigenvalue weighted by Gasteiger charge is -2.13. The van der Waals surface area contributed by atoms with Gasteiger partial charge in [0.2, 0.25) is 0 Å². The van der Waals surface area contributed by atoms with E-state index in [2.05, 4.69) is 0 Å². The minimum atomic E-state index is -0.611. The van der Waals surface area contributed by atoms with Crippen LogP contribution in [0, 0.1) is 10.1 Å². The maximum Gasteiger partial charge on any atom is 0.295 e. The van der Waals surface area contributed by atoms with Crippen molar-refractivity contribution in [2.24, 2.45) is 0 Å². The summed E-state index contributed by atoms with van der Waals surface area (Å²) in [6.07, 6.45) is 1.40. The molecule has 1 aliphatic rings. The summed E-state index contributed by atoms with van der Waals surface area (Å²) in [4.78, 5) is 10.1. The normalized spacial score (nSPS) is 19.7. The lowest BCUT2D eigenvalue weighted by Crippen LogP contribution is -2.03. The Bertz CT molecular complexity index is 405. The number of para-hydroxylation sites is 1. The average Bonchev–Trinajstić information content (AvgIpc) is 2.81. The van der Waals surface area contributed by atoms with E-state index in [0.717, 1.165) is 12.8 Å². The molecule has 1 aliphatic heterocycles. The smallest absolute Gasteiger partial charge is 0.295 e. The second-order valence-electron chi connectivity index (χ2n) is 3.59. The number of nitrogens with zero attached hydrogens (tertiary/aromatic N) is 1. The average molecular weight is 226 g/mol. The highest BCUT2D eigenvalue weighted by molar-refractivity contribution is 5.65. The number of benzene rings is 1. The third-order valence-corrected chi connectivity index (χ3v) is 2.64. The van der Waals surface area contributed by atoms with Crippen molar-refractivity contribution >= 4 is 11.4 Å². The van der Waals surface area contributed by atoms with Crippen molar-refractivity contribution in [1.82, 2.24) is 0 Å². The van der Waals surface area contributed by atoms with E-state index in [1.807, 2.05) is 0 Å². The Labute approximate surface area is 91.3 Å². The van der Waals surface area contributed by atoms with Crippen LogP contribution in [0.5, 0.6) is 0 Å². The molecule has 16 heavy (non-hydrogen) atoms. The Morgan fingerprint density at radius 3 is 2.94 bits per heavy atom. The predicted octanol–water partition coefficient (Wildman–Crippen LogP) is 2.74. The van der Waals surface area contributed by atoms with E-state index in [0.29, 0.717) is 12.2 Å². The zero-order chi connectivity index (χ0) is 11.5. The molecule has 1 saturated heterocycles. The molecule has 2 rings (SSSR count). The van der Waals surface area contributed by atoms with E-state index in [1.54, 1.807) is 6.07 Å². The number of ether oxygens (including phenoxy) is 1. The third kappa shape index (κ3) is 1.83. The zero-order valence-electron chi connectivity index (χ0n) is 8.48. The number of nitro benzene ring substituents is 1. The standard InChI is InChI=1S/C10H11FN2O3/c11-12-10-7(9-5-2-6-16-9)3-1-4-8(10)13(14)15/h1,3-4,9,12H,2,5-6H2. The lowest BCUT2D eigenvalue weighted by atomic mass is 10.0. The molecular formula is C10H11FN2O3.